The molecule has 86 heavy (non-hydrogen) atoms. The summed E-state index contributed by atoms with van der Waals surface area (Å²) in [6.45, 7) is 11.2. The van der Waals surface area contributed by atoms with Gasteiger partial charge in [0.15, 0.2) is 5.78 Å². The standard InChI is InChI=1S/C57H75F2N7O12S.C2HF3O2/c1-35(2)41(29-40(67)17-11-8-13-24-65-50(71)21-22-51(65)72)54(74)62-36(3)47(68)18-12-14-25-66(52(73)34-79-26-23-48(69)63-45(56(77)78)31-61-49(70)30-44(60)55(75)76)53(57(4,5)6)46-27-38(42-28-39(58)19-20-43(42)59)33-64(46)32-37-15-9-7-10-16-37;3-2(4,5)1(6)7/h7,9-10,15-16,19-22,27-28,33,35-36,41,44-45,53H,8,11-14,17-18,23-26,29-32,34,60H2,1-6H3,(H,61,70)(H,62,74)(H,63,69)(H,75,76)(H,77,78);(H,6,7)/t36-,41-,44-,45+,53-;/m0./s1. The monoisotopic (exact) mass is 1230 g/mol. The summed E-state index contributed by atoms with van der Waals surface area (Å²) in [5.74, 6) is -11.3. The molecule has 472 valence electrons. The molecule has 0 fully saturated rings. The van der Waals surface area contributed by atoms with Crippen LogP contribution in [0.5, 0.6) is 0 Å². The van der Waals surface area contributed by atoms with Crippen molar-refractivity contribution in [2.45, 2.75) is 143 Å². The van der Waals surface area contributed by atoms with Crippen LogP contribution in [0.15, 0.2) is 72.9 Å². The van der Waals surface area contributed by atoms with E-state index < -0.39 is 102 Å². The quantitative estimate of drug-likeness (QED) is 0.0188. The highest BCUT2D eigenvalue weighted by atomic mass is 32.2. The summed E-state index contributed by atoms with van der Waals surface area (Å²) in [5, 5.41) is 33.2. The van der Waals surface area contributed by atoms with Crippen molar-refractivity contribution in [3.8, 4) is 11.1 Å². The first-order valence-corrected chi connectivity index (χ1v) is 28.9. The Morgan fingerprint density at radius 1 is 0.756 bits per heavy atom. The Kier molecular flexibility index (Phi) is 28.9. The molecule has 4 rings (SSSR count). The molecule has 0 saturated carbocycles. The minimum atomic E-state index is -5.08. The highest BCUT2D eigenvalue weighted by molar-refractivity contribution is 7.99. The first-order valence-electron chi connectivity index (χ1n) is 27.7. The lowest BCUT2D eigenvalue weighted by Crippen LogP contribution is -2.49. The third-order valence-corrected chi connectivity index (χ3v) is 14.6. The summed E-state index contributed by atoms with van der Waals surface area (Å²) in [4.78, 5) is 138. The Labute approximate surface area is 499 Å². The van der Waals surface area contributed by atoms with E-state index in [1.54, 1.807) is 24.1 Å². The average molecular weight is 1230 g/mol. The number of unbranched alkanes of at least 4 members (excludes halogenated alkanes) is 3. The molecular weight excluding hydrogens is 1160 g/mol. The number of carbonyl (C=O) groups excluding carboxylic acids is 8. The SMILES string of the molecule is CC(C)[C@H](CC(=O)CCCCCN1C(=O)C=CC1=O)C(=O)N[C@@H](C)C(=O)CCCCN(C(=O)CSCCC(=O)N[C@H](CNC(=O)C[C@H](N)C(=O)O)C(=O)O)[C@@H](c1cc(-c2cc(F)ccc2F)cn1Cc1ccccc1)C(C)(C)C.O=C(O)C(F)(F)F. The second-order valence-corrected chi connectivity index (χ2v) is 23.1. The summed E-state index contributed by atoms with van der Waals surface area (Å²) in [5.41, 5.74) is 6.57. The summed E-state index contributed by atoms with van der Waals surface area (Å²) in [6, 6.07) is 9.70. The fourth-order valence-electron chi connectivity index (χ4n) is 9.06. The van der Waals surface area contributed by atoms with Gasteiger partial charge in [0.05, 0.1) is 24.3 Å². The molecule has 1 aromatic heterocycles. The molecule has 0 spiro atoms. The molecule has 2 aromatic carbocycles. The molecule has 2 heterocycles. The molecular formula is C59H76F5N7O14S. The number of Topliss-reactive ketones (excluding diaryl/α,β-unsaturated/α-hetero) is 2. The van der Waals surface area contributed by atoms with Crippen LogP contribution in [0.3, 0.4) is 0 Å². The molecule has 3 aromatic rings. The molecule has 27 heteroatoms. The summed E-state index contributed by atoms with van der Waals surface area (Å²) < 4.78 is 63.7. The maximum Gasteiger partial charge on any atom is 0.490 e. The summed E-state index contributed by atoms with van der Waals surface area (Å²) >= 11 is 1.11. The number of nitrogens with two attached hydrogens (primary N) is 1. The molecule has 0 bridgehead atoms. The van der Waals surface area contributed by atoms with E-state index in [0.29, 0.717) is 49.9 Å². The van der Waals surface area contributed by atoms with Crippen molar-refractivity contribution in [2.24, 2.45) is 23.0 Å². The van der Waals surface area contributed by atoms with Crippen LogP contribution in [0.2, 0.25) is 0 Å². The number of aliphatic carboxylic acids is 3. The topological polar surface area (TPSA) is 322 Å². The van der Waals surface area contributed by atoms with E-state index in [9.17, 15) is 70.6 Å². The third kappa shape index (κ3) is 24.3. The van der Waals surface area contributed by atoms with Crippen molar-refractivity contribution >= 4 is 76.7 Å². The van der Waals surface area contributed by atoms with Gasteiger partial charge < -0.3 is 46.5 Å². The number of nitrogens with zero attached hydrogens (tertiary/aromatic N) is 3. The van der Waals surface area contributed by atoms with Crippen LogP contribution in [0.25, 0.3) is 11.1 Å². The fourth-order valence-corrected chi connectivity index (χ4v) is 9.87. The Bertz CT molecular complexity index is 2900. The van der Waals surface area contributed by atoms with Gasteiger partial charge in [0.2, 0.25) is 23.6 Å². The van der Waals surface area contributed by atoms with Gasteiger partial charge in [-0.3, -0.25) is 48.1 Å². The molecule has 1 aliphatic rings. The van der Waals surface area contributed by atoms with Crippen molar-refractivity contribution in [1.82, 2.24) is 30.3 Å². The Morgan fingerprint density at radius 3 is 1.97 bits per heavy atom. The zero-order chi connectivity index (χ0) is 64.6. The number of nitrogens with one attached hydrogen (secondary N) is 3. The van der Waals surface area contributed by atoms with Crippen LogP contribution in [0.4, 0.5) is 22.0 Å². The van der Waals surface area contributed by atoms with Gasteiger partial charge in [-0.25, -0.2) is 18.4 Å². The number of aromatic nitrogens is 1. The zero-order valence-corrected chi connectivity index (χ0v) is 49.6. The number of thioether (sulfide) groups is 1. The number of halogens is 5. The second kappa shape index (κ2) is 34.4. The minimum Gasteiger partial charge on any atom is -0.480 e. The Balaban J connectivity index is 0.00000259. The van der Waals surface area contributed by atoms with Crippen LogP contribution in [0, 0.1) is 28.9 Å². The van der Waals surface area contributed by atoms with Gasteiger partial charge in [-0.2, -0.15) is 24.9 Å². The predicted molar refractivity (Wildman–Crippen MR) is 306 cm³/mol. The van der Waals surface area contributed by atoms with E-state index in [2.05, 4.69) is 16.0 Å². The van der Waals surface area contributed by atoms with Gasteiger partial charge in [0, 0.05) is 98.7 Å². The number of hydrogen-bond donors (Lipinski definition) is 7. The number of imide groups is 1. The van der Waals surface area contributed by atoms with Gasteiger partial charge in [0.1, 0.15) is 29.5 Å². The fraction of sp³-hybridized carbons (Fsp3) is 0.508. The average Bonchev–Trinajstić information content (AvgIpc) is 1.82. The lowest BCUT2D eigenvalue weighted by Gasteiger charge is -2.41. The number of carbonyl (C=O) groups is 11. The number of carboxylic acids is 3. The zero-order valence-electron chi connectivity index (χ0n) is 48.8. The molecule has 0 saturated heterocycles. The predicted octanol–water partition coefficient (Wildman–Crippen LogP) is 6.60. The molecule has 21 nitrogen and oxygen atoms in total. The van der Waals surface area contributed by atoms with E-state index in [4.69, 9.17) is 20.7 Å². The van der Waals surface area contributed by atoms with Gasteiger partial charge in [0.25, 0.3) is 11.8 Å². The number of alkyl halides is 3. The smallest absolute Gasteiger partial charge is 0.480 e. The van der Waals surface area contributed by atoms with Crippen LogP contribution in [0.1, 0.15) is 123 Å². The highest BCUT2D eigenvalue weighted by Crippen LogP contribution is 2.42. The van der Waals surface area contributed by atoms with Crippen LogP contribution >= 0.6 is 11.8 Å². The maximum atomic E-state index is 15.4. The van der Waals surface area contributed by atoms with Gasteiger partial charge in [-0.15, -0.1) is 0 Å². The van der Waals surface area contributed by atoms with E-state index in [1.807, 2.05) is 69.5 Å². The number of ketones is 2. The Morgan fingerprint density at radius 2 is 1.38 bits per heavy atom. The molecule has 0 unspecified atom stereocenters. The van der Waals surface area contributed by atoms with Crippen molar-refractivity contribution < 1.29 is 90.0 Å². The normalized spacial score (nSPS) is 14.1. The van der Waals surface area contributed by atoms with E-state index in [-0.39, 0.29) is 91.0 Å². The molecule has 5 atom stereocenters. The molecule has 8 N–H and O–H groups in total. The number of amides is 6. The first-order chi connectivity index (χ1) is 40.2. The van der Waals surface area contributed by atoms with Crippen molar-refractivity contribution in [3.63, 3.8) is 0 Å². The Hall–Kier alpha value is -7.81. The lowest BCUT2D eigenvalue weighted by molar-refractivity contribution is -0.192. The largest absolute Gasteiger partial charge is 0.490 e. The lowest BCUT2D eigenvalue weighted by atomic mass is 9.82. The van der Waals surface area contributed by atoms with Gasteiger partial charge in [-0.05, 0) is 73.8 Å². The van der Waals surface area contributed by atoms with Crippen molar-refractivity contribution in [3.05, 3.63) is 95.8 Å². The summed E-state index contributed by atoms with van der Waals surface area (Å²) in [7, 11) is 0. The summed E-state index contributed by atoms with van der Waals surface area (Å²) in [6.07, 6.45) is 0.790. The maximum absolute atomic E-state index is 15.4. The van der Waals surface area contributed by atoms with Crippen molar-refractivity contribution in [2.75, 3.05) is 31.1 Å². The minimum absolute atomic E-state index is 0.0176. The molecule has 0 aliphatic carbocycles. The van der Waals surface area contributed by atoms with E-state index in [0.717, 1.165) is 40.4 Å². The van der Waals surface area contributed by atoms with Crippen molar-refractivity contribution in [1.29, 1.82) is 0 Å². The van der Waals surface area contributed by atoms with Crippen LogP contribution in [-0.2, 0) is 59.3 Å². The van der Waals surface area contributed by atoms with Crippen LogP contribution < -0.4 is 21.7 Å². The number of carboxylic acid groups (broad SMARTS) is 3. The van der Waals surface area contributed by atoms with Crippen LogP contribution in [-0.4, -0.2) is 150 Å². The number of hydrogen-bond acceptors (Lipinski definition) is 13. The number of rotatable bonds is 34. The second-order valence-electron chi connectivity index (χ2n) is 22.0. The number of benzene rings is 2. The van der Waals surface area contributed by atoms with Gasteiger partial charge in [-0.1, -0.05) is 71.4 Å². The molecule has 0 radical (unpaired) electrons. The third-order valence-electron chi connectivity index (χ3n) is 13.6. The molecule has 1 aliphatic heterocycles. The van der Waals surface area contributed by atoms with Gasteiger partial charge >= 0.3 is 24.1 Å². The van der Waals surface area contributed by atoms with E-state index in [1.165, 1.54) is 12.2 Å². The first kappa shape index (κ1) is 72.4. The highest BCUT2D eigenvalue weighted by Gasteiger charge is 2.39. The molecule has 6 amide bonds. The van der Waals surface area contributed by atoms with E-state index >= 15 is 4.39 Å².